The highest BCUT2D eigenvalue weighted by molar-refractivity contribution is 5.73. The van der Waals surface area contributed by atoms with E-state index in [0.717, 1.165) is 0 Å². The van der Waals surface area contributed by atoms with Gasteiger partial charge in [-0.05, 0) is 19.8 Å². The summed E-state index contributed by atoms with van der Waals surface area (Å²) in [5, 5.41) is 10.5. The second kappa shape index (κ2) is 7.82. The van der Waals surface area contributed by atoms with Crippen LogP contribution >= 0.6 is 0 Å². The fraction of sp³-hybridized carbons (Fsp3) is 0.769. The summed E-state index contributed by atoms with van der Waals surface area (Å²) in [5.74, 6) is -0.568. The normalized spacial score (nSPS) is 22.9. The Morgan fingerprint density at radius 3 is 2.65 bits per heavy atom. The standard InChI is InChI=1S/C13H21N3O4/c1-4-20-16(10(2)17)12-6-5-11(7-14)15(8-12)9-13(18)19-3/h11-12H,4-6,8-9H2,1-3H3. The molecule has 112 valence electrons. The molecular formula is C13H21N3O4. The molecule has 1 rings (SSSR count). The smallest absolute Gasteiger partial charge is 0.319 e. The van der Waals surface area contributed by atoms with Gasteiger partial charge in [0, 0.05) is 13.5 Å². The minimum Gasteiger partial charge on any atom is -0.468 e. The summed E-state index contributed by atoms with van der Waals surface area (Å²) in [6, 6.07) is 1.69. The van der Waals surface area contributed by atoms with E-state index < -0.39 is 5.97 Å². The van der Waals surface area contributed by atoms with E-state index in [9.17, 15) is 9.59 Å². The molecule has 0 aromatic rings. The molecule has 20 heavy (non-hydrogen) atoms. The molecule has 0 saturated carbocycles. The molecule has 1 heterocycles. The summed E-state index contributed by atoms with van der Waals surface area (Å²) in [6.45, 7) is 4.12. The van der Waals surface area contributed by atoms with Crippen LogP contribution in [-0.2, 0) is 19.2 Å². The number of nitrogens with zero attached hydrogens (tertiary/aromatic N) is 3. The molecule has 7 nitrogen and oxygen atoms in total. The highest BCUT2D eigenvalue weighted by atomic mass is 16.7. The minimum absolute atomic E-state index is 0.0447. The third-order valence-electron chi connectivity index (χ3n) is 3.28. The van der Waals surface area contributed by atoms with Gasteiger partial charge in [-0.15, -0.1) is 0 Å². The van der Waals surface area contributed by atoms with E-state index in [-0.39, 0.29) is 24.5 Å². The van der Waals surface area contributed by atoms with Crippen molar-refractivity contribution in [3.8, 4) is 6.07 Å². The molecule has 0 bridgehead atoms. The van der Waals surface area contributed by atoms with Crippen molar-refractivity contribution in [2.24, 2.45) is 0 Å². The first kappa shape index (κ1) is 16.4. The van der Waals surface area contributed by atoms with Gasteiger partial charge in [0.2, 0.25) is 5.91 Å². The maximum Gasteiger partial charge on any atom is 0.319 e. The monoisotopic (exact) mass is 283 g/mol. The van der Waals surface area contributed by atoms with Crippen molar-refractivity contribution in [2.45, 2.75) is 38.8 Å². The van der Waals surface area contributed by atoms with Crippen molar-refractivity contribution in [3.05, 3.63) is 0 Å². The van der Waals surface area contributed by atoms with Gasteiger partial charge in [0.05, 0.1) is 38.4 Å². The molecule has 0 aromatic heterocycles. The van der Waals surface area contributed by atoms with Gasteiger partial charge in [0.25, 0.3) is 0 Å². The van der Waals surface area contributed by atoms with Crippen molar-refractivity contribution in [3.63, 3.8) is 0 Å². The lowest BCUT2D eigenvalue weighted by Crippen LogP contribution is -2.54. The number of nitriles is 1. The fourth-order valence-corrected chi connectivity index (χ4v) is 2.36. The SMILES string of the molecule is CCON(C(C)=O)C1CCC(C#N)N(CC(=O)OC)C1. The summed E-state index contributed by atoms with van der Waals surface area (Å²) < 4.78 is 4.63. The topological polar surface area (TPSA) is 82.9 Å². The molecule has 1 aliphatic heterocycles. The highest BCUT2D eigenvalue weighted by Crippen LogP contribution is 2.21. The lowest BCUT2D eigenvalue weighted by atomic mass is 9.98. The first-order valence-electron chi connectivity index (χ1n) is 6.66. The molecule has 2 unspecified atom stereocenters. The average Bonchev–Trinajstić information content (AvgIpc) is 2.44. The zero-order valence-electron chi connectivity index (χ0n) is 12.2. The molecule has 0 radical (unpaired) electrons. The van der Waals surface area contributed by atoms with Gasteiger partial charge in [0.15, 0.2) is 0 Å². The summed E-state index contributed by atoms with van der Waals surface area (Å²) in [4.78, 5) is 30.1. The molecule has 2 atom stereocenters. The van der Waals surface area contributed by atoms with Gasteiger partial charge in [-0.2, -0.15) is 5.26 Å². The lowest BCUT2D eigenvalue weighted by Gasteiger charge is -2.39. The zero-order valence-corrected chi connectivity index (χ0v) is 12.2. The Bertz CT molecular complexity index is 394. The summed E-state index contributed by atoms with van der Waals surface area (Å²) in [6.07, 6.45) is 1.27. The number of methoxy groups -OCH3 is 1. The molecule has 7 heteroatoms. The van der Waals surface area contributed by atoms with Crippen LogP contribution in [-0.4, -0.2) is 60.7 Å². The van der Waals surface area contributed by atoms with Crippen LogP contribution in [0.3, 0.4) is 0 Å². The Morgan fingerprint density at radius 1 is 1.45 bits per heavy atom. The van der Waals surface area contributed by atoms with Crippen molar-refractivity contribution in [1.82, 2.24) is 9.96 Å². The molecular weight excluding hydrogens is 262 g/mol. The van der Waals surface area contributed by atoms with Crippen LogP contribution in [0.15, 0.2) is 0 Å². The van der Waals surface area contributed by atoms with Crippen molar-refractivity contribution >= 4 is 11.9 Å². The van der Waals surface area contributed by atoms with Gasteiger partial charge in [0.1, 0.15) is 0 Å². The summed E-state index contributed by atoms with van der Waals surface area (Å²) in [5.41, 5.74) is 0. The molecule has 1 amide bonds. The van der Waals surface area contributed by atoms with E-state index in [4.69, 9.17) is 10.1 Å². The molecule has 0 aromatic carbocycles. The number of likely N-dealkylation sites (tertiary alicyclic amines) is 1. The maximum absolute atomic E-state index is 11.6. The number of hydrogen-bond donors (Lipinski definition) is 0. The Hall–Kier alpha value is -1.65. The Kier molecular flexibility index (Phi) is 6.42. The van der Waals surface area contributed by atoms with E-state index in [1.807, 2.05) is 6.92 Å². The molecule has 1 aliphatic rings. The fourth-order valence-electron chi connectivity index (χ4n) is 2.36. The highest BCUT2D eigenvalue weighted by Gasteiger charge is 2.34. The van der Waals surface area contributed by atoms with E-state index in [2.05, 4.69) is 10.8 Å². The number of carbonyl (C=O) groups is 2. The Morgan fingerprint density at radius 2 is 2.15 bits per heavy atom. The number of amides is 1. The Labute approximate surface area is 119 Å². The number of carbonyl (C=O) groups excluding carboxylic acids is 2. The quantitative estimate of drug-likeness (QED) is 0.533. The van der Waals surface area contributed by atoms with E-state index in [1.54, 1.807) is 4.90 Å². The molecule has 1 saturated heterocycles. The van der Waals surface area contributed by atoms with Crippen LogP contribution in [0, 0.1) is 11.3 Å². The number of hydroxylamine groups is 2. The van der Waals surface area contributed by atoms with Crippen molar-refractivity contribution < 1.29 is 19.2 Å². The maximum atomic E-state index is 11.6. The Balaban J connectivity index is 2.75. The lowest BCUT2D eigenvalue weighted by molar-refractivity contribution is -0.202. The molecule has 0 N–H and O–H groups in total. The third-order valence-corrected chi connectivity index (χ3v) is 3.28. The van der Waals surface area contributed by atoms with Crippen molar-refractivity contribution in [1.29, 1.82) is 5.26 Å². The molecule has 0 spiro atoms. The number of esters is 1. The predicted molar refractivity (Wildman–Crippen MR) is 70.2 cm³/mol. The van der Waals surface area contributed by atoms with Gasteiger partial charge in [-0.1, -0.05) is 0 Å². The molecule has 0 aliphatic carbocycles. The largest absolute Gasteiger partial charge is 0.468 e. The van der Waals surface area contributed by atoms with Crippen LogP contribution in [0.25, 0.3) is 0 Å². The number of hydrogen-bond acceptors (Lipinski definition) is 6. The number of rotatable bonds is 5. The van der Waals surface area contributed by atoms with Gasteiger partial charge >= 0.3 is 5.97 Å². The number of piperidine rings is 1. The molecule has 1 fully saturated rings. The van der Waals surface area contributed by atoms with Crippen LogP contribution in [0.2, 0.25) is 0 Å². The zero-order chi connectivity index (χ0) is 15.1. The second-order valence-electron chi connectivity index (χ2n) is 4.64. The first-order chi connectivity index (χ1) is 9.53. The third kappa shape index (κ3) is 4.18. The van der Waals surface area contributed by atoms with Gasteiger partial charge in [-0.25, -0.2) is 5.06 Å². The van der Waals surface area contributed by atoms with Gasteiger partial charge < -0.3 is 4.74 Å². The summed E-state index contributed by atoms with van der Waals surface area (Å²) in [7, 11) is 1.31. The second-order valence-corrected chi connectivity index (χ2v) is 4.64. The van der Waals surface area contributed by atoms with Crippen molar-refractivity contribution in [2.75, 3.05) is 26.8 Å². The van der Waals surface area contributed by atoms with E-state index in [1.165, 1.54) is 19.1 Å². The van der Waals surface area contributed by atoms with Crippen LogP contribution in [0.1, 0.15) is 26.7 Å². The van der Waals surface area contributed by atoms with E-state index in [0.29, 0.717) is 26.0 Å². The van der Waals surface area contributed by atoms with Gasteiger partial charge in [-0.3, -0.25) is 19.3 Å². The van der Waals surface area contributed by atoms with Crippen LogP contribution in [0.4, 0.5) is 0 Å². The predicted octanol–water partition coefficient (Wildman–Crippen LogP) is 0.316. The first-order valence-corrected chi connectivity index (χ1v) is 6.66. The number of ether oxygens (including phenoxy) is 1. The average molecular weight is 283 g/mol. The minimum atomic E-state index is -0.392. The van der Waals surface area contributed by atoms with Crippen LogP contribution in [0.5, 0.6) is 0 Å². The summed E-state index contributed by atoms with van der Waals surface area (Å²) >= 11 is 0. The van der Waals surface area contributed by atoms with Crippen LogP contribution < -0.4 is 0 Å². The van der Waals surface area contributed by atoms with E-state index >= 15 is 0 Å².